The van der Waals surface area contributed by atoms with Crippen molar-refractivity contribution in [3.05, 3.63) is 122 Å². The molecule has 0 aromatic carbocycles. The minimum atomic E-state index is -4.67. The second-order valence-electron chi connectivity index (χ2n) is 15.3. The van der Waals surface area contributed by atoms with E-state index in [1.807, 2.05) is 39.4 Å². The van der Waals surface area contributed by atoms with E-state index < -0.39 is 32.5 Å². The Morgan fingerprint density at radius 3 is 1.42 bits per heavy atom. The Kier molecular flexibility index (Phi) is 38.4. The topological polar surface area (TPSA) is 111 Å². The summed E-state index contributed by atoms with van der Waals surface area (Å²) in [6.45, 7) is 3.89. The third-order valence-electron chi connectivity index (χ3n) is 8.48. The predicted molar refractivity (Wildman–Crippen MR) is 249 cm³/mol. The number of phosphoric acid groups is 1. The summed E-state index contributed by atoms with van der Waals surface area (Å²) in [5.41, 5.74) is 0. The van der Waals surface area contributed by atoms with Crippen molar-refractivity contribution in [3.8, 4) is 0 Å². The van der Waals surface area contributed by atoms with Crippen molar-refractivity contribution in [1.82, 2.24) is 0 Å². The number of unbranched alkanes of at least 4 members (excludes halogenated alkanes) is 4. The van der Waals surface area contributed by atoms with E-state index in [2.05, 4.69) is 117 Å². The zero-order valence-corrected chi connectivity index (χ0v) is 38.7. The van der Waals surface area contributed by atoms with Gasteiger partial charge < -0.3 is 27.9 Å². The molecular formula is C50H80NO8P. The molecule has 0 rings (SSSR count). The van der Waals surface area contributed by atoms with Crippen LogP contribution in [0.2, 0.25) is 0 Å². The lowest BCUT2D eigenvalue weighted by Gasteiger charge is -2.28. The number of allylic oxidation sites excluding steroid dienone is 20. The maximum absolute atomic E-state index is 12.7. The fourth-order valence-corrected chi connectivity index (χ4v) is 5.75. The molecule has 0 spiro atoms. The van der Waals surface area contributed by atoms with Crippen LogP contribution in [0.3, 0.4) is 0 Å². The van der Waals surface area contributed by atoms with Gasteiger partial charge >= 0.3 is 11.9 Å². The van der Waals surface area contributed by atoms with E-state index in [1.54, 1.807) is 0 Å². The van der Waals surface area contributed by atoms with Gasteiger partial charge in [-0.3, -0.25) is 14.2 Å². The average Bonchev–Trinajstić information content (AvgIpc) is 3.20. The van der Waals surface area contributed by atoms with Crippen LogP contribution < -0.4 is 4.89 Å². The predicted octanol–water partition coefficient (Wildman–Crippen LogP) is 12.3. The molecule has 0 aromatic rings. The SMILES string of the molecule is CC/C=C\C/C=C\C/C=C\C/C=C\C/C=C\CCCC(=O)OC[C@H](COP(=O)([O-])OCC[N+](C)(C)C)OC(=O)CC/C=C\C/C=C\C/C=C\C/C=C\C/C=C\CCCCC. The summed E-state index contributed by atoms with van der Waals surface area (Å²) in [7, 11) is 1.07. The monoisotopic (exact) mass is 854 g/mol. The van der Waals surface area contributed by atoms with E-state index in [0.717, 1.165) is 57.8 Å². The van der Waals surface area contributed by atoms with Gasteiger partial charge in [-0.2, -0.15) is 0 Å². The summed E-state index contributed by atoms with van der Waals surface area (Å²) in [6, 6.07) is 0. The van der Waals surface area contributed by atoms with Gasteiger partial charge in [0, 0.05) is 12.8 Å². The molecule has 0 heterocycles. The Labute approximate surface area is 365 Å². The molecule has 0 aliphatic rings. The summed E-state index contributed by atoms with van der Waals surface area (Å²) >= 11 is 0. The smallest absolute Gasteiger partial charge is 0.306 e. The lowest BCUT2D eigenvalue weighted by atomic mass is 10.2. The second-order valence-corrected chi connectivity index (χ2v) is 16.7. The molecule has 0 fully saturated rings. The van der Waals surface area contributed by atoms with Crippen LogP contribution >= 0.6 is 7.82 Å². The van der Waals surface area contributed by atoms with Crippen molar-refractivity contribution >= 4 is 19.8 Å². The van der Waals surface area contributed by atoms with E-state index in [9.17, 15) is 19.0 Å². The molecule has 1 unspecified atom stereocenters. The van der Waals surface area contributed by atoms with Crippen LogP contribution in [-0.4, -0.2) is 70.0 Å². The van der Waals surface area contributed by atoms with Crippen LogP contribution in [-0.2, 0) is 32.7 Å². The number of likely N-dealkylation sites (N-methyl/N-ethyl adjacent to an activating group) is 1. The van der Waals surface area contributed by atoms with Crippen LogP contribution in [0.5, 0.6) is 0 Å². The van der Waals surface area contributed by atoms with Gasteiger partial charge in [0.1, 0.15) is 19.8 Å². The lowest BCUT2D eigenvalue weighted by molar-refractivity contribution is -0.870. The second kappa shape index (κ2) is 40.8. The average molecular weight is 854 g/mol. The highest BCUT2D eigenvalue weighted by atomic mass is 31.2. The van der Waals surface area contributed by atoms with E-state index in [0.29, 0.717) is 30.3 Å². The fraction of sp³-hybridized carbons (Fsp3) is 0.560. The van der Waals surface area contributed by atoms with Gasteiger partial charge in [-0.25, -0.2) is 0 Å². The summed E-state index contributed by atoms with van der Waals surface area (Å²) < 4.78 is 33.7. The van der Waals surface area contributed by atoms with Gasteiger partial charge in [0.05, 0.1) is 27.7 Å². The highest BCUT2D eigenvalue weighted by Crippen LogP contribution is 2.38. The van der Waals surface area contributed by atoms with Crippen molar-refractivity contribution in [2.45, 2.75) is 136 Å². The number of hydrogen-bond donors (Lipinski definition) is 0. The number of carbonyl (C=O) groups is 2. The van der Waals surface area contributed by atoms with Crippen molar-refractivity contribution in [2.75, 3.05) is 47.5 Å². The number of carbonyl (C=O) groups excluding carboxylic acids is 2. The number of hydrogen-bond acceptors (Lipinski definition) is 8. The van der Waals surface area contributed by atoms with Crippen molar-refractivity contribution in [3.63, 3.8) is 0 Å². The fourth-order valence-electron chi connectivity index (χ4n) is 5.02. The molecule has 10 heteroatoms. The van der Waals surface area contributed by atoms with Crippen LogP contribution in [0.4, 0.5) is 0 Å². The molecule has 9 nitrogen and oxygen atoms in total. The largest absolute Gasteiger partial charge is 0.756 e. The standard InChI is InChI=1S/C50H80NO8P/c1-6-8-10-12-14-16-18-20-22-24-25-27-29-31-33-35-37-39-41-43-50(53)59-48(47-58-60(54,55)57-45-44-51(3,4)5)46-56-49(52)42-40-38-36-34-32-30-28-26-23-21-19-17-15-13-11-9-7-2/h9,11,14-17,20-23,25,27-28,30-31,33-34,36-37,39,48H,6-8,10,12-13,18-19,24,26,29,32,35,38,40-47H2,1-5H3/b11-9-,16-14-,17-15-,22-20-,23-21-,27-25-,30-28-,33-31-,36-34-,39-37-/t48-/m1/s1. The van der Waals surface area contributed by atoms with Crippen LogP contribution in [0.15, 0.2) is 122 Å². The van der Waals surface area contributed by atoms with E-state index in [4.69, 9.17) is 18.5 Å². The summed E-state index contributed by atoms with van der Waals surface area (Å²) in [5.74, 6) is -1.01. The third kappa shape index (κ3) is 44.0. The van der Waals surface area contributed by atoms with Gasteiger partial charge in [0.25, 0.3) is 7.82 Å². The number of ether oxygens (including phenoxy) is 2. The Hall–Kier alpha value is -3.59. The number of esters is 2. The maximum atomic E-state index is 12.7. The van der Waals surface area contributed by atoms with Crippen molar-refractivity contribution in [2.24, 2.45) is 0 Å². The van der Waals surface area contributed by atoms with Crippen LogP contribution in [0, 0.1) is 0 Å². The molecule has 0 saturated carbocycles. The van der Waals surface area contributed by atoms with Gasteiger partial charge in [-0.05, 0) is 89.9 Å². The molecule has 60 heavy (non-hydrogen) atoms. The van der Waals surface area contributed by atoms with Crippen molar-refractivity contribution in [1.29, 1.82) is 0 Å². The Morgan fingerprint density at radius 1 is 0.533 bits per heavy atom. The highest BCUT2D eigenvalue weighted by molar-refractivity contribution is 7.45. The van der Waals surface area contributed by atoms with Crippen molar-refractivity contribution < 1.29 is 42.1 Å². The van der Waals surface area contributed by atoms with Crippen LogP contribution in [0.1, 0.15) is 129 Å². The molecular weight excluding hydrogens is 774 g/mol. The van der Waals surface area contributed by atoms with E-state index in [-0.39, 0.29) is 26.1 Å². The Bertz CT molecular complexity index is 1430. The first kappa shape index (κ1) is 56.4. The summed E-state index contributed by atoms with van der Waals surface area (Å²) in [4.78, 5) is 37.5. The number of phosphoric ester groups is 1. The first-order valence-corrected chi connectivity index (χ1v) is 23.7. The molecule has 0 N–H and O–H groups in total. The molecule has 0 bridgehead atoms. The molecule has 0 aliphatic carbocycles. The maximum Gasteiger partial charge on any atom is 0.306 e. The number of quaternary nitrogens is 1. The summed E-state index contributed by atoms with van der Waals surface area (Å²) in [6.07, 6.45) is 56.8. The lowest BCUT2D eigenvalue weighted by Crippen LogP contribution is -2.37. The Morgan fingerprint density at radius 2 is 0.967 bits per heavy atom. The number of rotatable bonds is 38. The molecule has 2 atom stereocenters. The highest BCUT2D eigenvalue weighted by Gasteiger charge is 2.21. The molecule has 0 radical (unpaired) electrons. The molecule has 0 aliphatic heterocycles. The minimum Gasteiger partial charge on any atom is -0.756 e. The van der Waals surface area contributed by atoms with Gasteiger partial charge in [0.15, 0.2) is 6.10 Å². The van der Waals surface area contributed by atoms with E-state index in [1.165, 1.54) is 25.7 Å². The zero-order valence-electron chi connectivity index (χ0n) is 37.8. The minimum absolute atomic E-state index is 0.0605. The normalized spacial score (nSPS) is 14.7. The van der Waals surface area contributed by atoms with Gasteiger partial charge in [-0.1, -0.05) is 148 Å². The van der Waals surface area contributed by atoms with Crippen LogP contribution in [0.25, 0.3) is 0 Å². The third-order valence-corrected chi connectivity index (χ3v) is 9.44. The van der Waals surface area contributed by atoms with Gasteiger partial charge in [-0.15, -0.1) is 0 Å². The Balaban J connectivity index is 4.61. The number of nitrogens with zero attached hydrogens (tertiary/aromatic N) is 1. The molecule has 0 aromatic heterocycles. The molecule has 0 saturated heterocycles. The quantitative estimate of drug-likeness (QED) is 0.0198. The van der Waals surface area contributed by atoms with E-state index >= 15 is 0 Å². The zero-order chi connectivity index (χ0) is 44.3. The molecule has 338 valence electrons. The first-order valence-electron chi connectivity index (χ1n) is 22.2. The molecule has 0 amide bonds. The summed E-state index contributed by atoms with van der Waals surface area (Å²) in [5, 5.41) is 0. The first-order chi connectivity index (χ1) is 29.0. The van der Waals surface area contributed by atoms with Gasteiger partial charge in [0.2, 0.25) is 0 Å².